The van der Waals surface area contributed by atoms with Gasteiger partial charge >= 0.3 is 0 Å². The molecule has 0 fully saturated rings. The first-order chi connectivity index (χ1) is 13.4. The molecule has 0 aliphatic carbocycles. The van der Waals surface area contributed by atoms with E-state index in [0.29, 0.717) is 11.3 Å². The van der Waals surface area contributed by atoms with E-state index in [1.165, 1.54) is 36.4 Å². The monoisotopic (exact) mass is 378 g/mol. The molecule has 0 saturated heterocycles. The third-order valence-corrected chi connectivity index (χ3v) is 4.42. The summed E-state index contributed by atoms with van der Waals surface area (Å²) in [7, 11) is 0. The normalized spacial score (nSPS) is 11.6. The number of anilines is 1. The summed E-state index contributed by atoms with van der Waals surface area (Å²) in [6, 6.07) is 19.0. The standard InChI is InChI=1S/C22H19FN2O3/c1-15-3-2-4-17(13-15)21(14-22(26)16-5-7-18(23)8-6-16)24-19-9-11-20(12-10-19)25(27)28/h2-13,21,24H,14H2,1H3. The highest BCUT2D eigenvalue weighted by molar-refractivity contribution is 5.96. The number of hydrogen-bond acceptors (Lipinski definition) is 4. The van der Waals surface area contributed by atoms with E-state index < -0.39 is 10.7 Å². The van der Waals surface area contributed by atoms with Crippen LogP contribution in [-0.4, -0.2) is 10.7 Å². The van der Waals surface area contributed by atoms with Crippen molar-refractivity contribution < 1.29 is 14.1 Å². The fourth-order valence-electron chi connectivity index (χ4n) is 2.96. The first-order valence-corrected chi connectivity index (χ1v) is 8.79. The van der Waals surface area contributed by atoms with Crippen molar-refractivity contribution in [3.05, 3.63) is 105 Å². The number of hydrogen-bond donors (Lipinski definition) is 1. The number of halogens is 1. The second kappa shape index (κ2) is 8.43. The van der Waals surface area contributed by atoms with Crippen LogP contribution in [0.2, 0.25) is 0 Å². The molecule has 6 heteroatoms. The van der Waals surface area contributed by atoms with Crippen LogP contribution in [0.1, 0.15) is 33.9 Å². The van der Waals surface area contributed by atoms with Crippen LogP contribution in [0.25, 0.3) is 0 Å². The summed E-state index contributed by atoms with van der Waals surface area (Å²) >= 11 is 0. The van der Waals surface area contributed by atoms with Gasteiger partial charge in [0.25, 0.3) is 5.69 Å². The summed E-state index contributed by atoms with van der Waals surface area (Å²) in [5.41, 5.74) is 3.09. The Hall–Kier alpha value is -3.54. The van der Waals surface area contributed by atoms with Gasteiger partial charge in [-0.1, -0.05) is 29.8 Å². The number of benzene rings is 3. The number of carbonyl (C=O) groups excluding carboxylic acids is 1. The van der Waals surface area contributed by atoms with Crippen molar-refractivity contribution in [1.29, 1.82) is 0 Å². The predicted octanol–water partition coefficient (Wildman–Crippen LogP) is 5.47. The van der Waals surface area contributed by atoms with Crippen molar-refractivity contribution in [3.8, 4) is 0 Å². The summed E-state index contributed by atoms with van der Waals surface area (Å²) < 4.78 is 13.1. The maximum Gasteiger partial charge on any atom is 0.269 e. The van der Waals surface area contributed by atoms with Crippen LogP contribution in [0.15, 0.2) is 72.8 Å². The highest BCUT2D eigenvalue weighted by Crippen LogP contribution is 2.26. The minimum Gasteiger partial charge on any atom is -0.378 e. The number of Topliss-reactive ketones (excluding diaryl/α,β-unsaturated/α-hetero) is 1. The topological polar surface area (TPSA) is 72.2 Å². The van der Waals surface area contributed by atoms with E-state index in [1.54, 1.807) is 12.1 Å². The summed E-state index contributed by atoms with van der Waals surface area (Å²) in [4.78, 5) is 23.1. The van der Waals surface area contributed by atoms with E-state index in [-0.39, 0.29) is 23.9 Å². The van der Waals surface area contributed by atoms with Gasteiger partial charge in [0.2, 0.25) is 0 Å². The van der Waals surface area contributed by atoms with Crippen molar-refractivity contribution in [2.24, 2.45) is 0 Å². The van der Waals surface area contributed by atoms with Gasteiger partial charge in [0.1, 0.15) is 5.82 Å². The second-order valence-corrected chi connectivity index (χ2v) is 6.55. The molecule has 0 radical (unpaired) electrons. The number of ketones is 1. The van der Waals surface area contributed by atoms with Crippen molar-refractivity contribution >= 4 is 17.2 Å². The molecule has 0 saturated carbocycles. The van der Waals surface area contributed by atoms with Crippen molar-refractivity contribution in [3.63, 3.8) is 0 Å². The molecule has 3 aromatic rings. The van der Waals surface area contributed by atoms with Crippen LogP contribution in [0, 0.1) is 22.9 Å². The van der Waals surface area contributed by atoms with E-state index >= 15 is 0 Å². The summed E-state index contributed by atoms with van der Waals surface area (Å²) in [5.74, 6) is -0.517. The lowest BCUT2D eigenvalue weighted by Crippen LogP contribution is -2.16. The number of nitro groups is 1. The first kappa shape index (κ1) is 19.2. The molecule has 0 aliphatic rings. The van der Waals surface area contributed by atoms with E-state index in [1.807, 2.05) is 31.2 Å². The lowest BCUT2D eigenvalue weighted by Gasteiger charge is -2.20. The van der Waals surface area contributed by atoms with Crippen molar-refractivity contribution in [1.82, 2.24) is 0 Å². The second-order valence-electron chi connectivity index (χ2n) is 6.55. The van der Waals surface area contributed by atoms with E-state index in [4.69, 9.17) is 0 Å². The molecule has 3 aromatic carbocycles. The maximum absolute atomic E-state index is 13.1. The quantitative estimate of drug-likeness (QED) is 0.336. The molecule has 3 rings (SSSR count). The lowest BCUT2D eigenvalue weighted by atomic mass is 9.96. The van der Waals surface area contributed by atoms with E-state index in [9.17, 15) is 19.3 Å². The number of nitrogens with zero attached hydrogens (tertiary/aromatic N) is 1. The van der Waals surface area contributed by atoms with Crippen LogP contribution >= 0.6 is 0 Å². The third kappa shape index (κ3) is 4.79. The Bertz CT molecular complexity index is 985. The van der Waals surface area contributed by atoms with Gasteiger partial charge in [-0.25, -0.2) is 4.39 Å². The molecule has 28 heavy (non-hydrogen) atoms. The van der Waals surface area contributed by atoms with E-state index in [0.717, 1.165) is 11.1 Å². The minimum atomic E-state index is -0.458. The van der Waals surface area contributed by atoms with Gasteiger partial charge in [0.05, 0.1) is 11.0 Å². The minimum absolute atomic E-state index is 0.0000409. The number of non-ortho nitro benzene ring substituents is 1. The molecule has 1 unspecified atom stereocenters. The SMILES string of the molecule is Cc1cccc(C(CC(=O)c2ccc(F)cc2)Nc2ccc([N+](=O)[O-])cc2)c1. The fourth-order valence-corrected chi connectivity index (χ4v) is 2.96. The van der Waals surface area contributed by atoms with Gasteiger partial charge in [-0.05, 0) is 48.9 Å². The van der Waals surface area contributed by atoms with Crippen LogP contribution in [-0.2, 0) is 0 Å². The van der Waals surface area contributed by atoms with Crippen LogP contribution in [0.3, 0.4) is 0 Å². The zero-order chi connectivity index (χ0) is 20.1. The number of nitro benzene ring substituents is 1. The molecule has 142 valence electrons. The van der Waals surface area contributed by atoms with Gasteiger partial charge in [0, 0.05) is 29.8 Å². The Labute approximate surface area is 162 Å². The molecule has 0 heterocycles. The smallest absolute Gasteiger partial charge is 0.269 e. The Morgan fingerprint density at radius 2 is 1.75 bits per heavy atom. The summed E-state index contributed by atoms with van der Waals surface area (Å²) in [5, 5.41) is 14.1. The highest BCUT2D eigenvalue weighted by atomic mass is 19.1. The van der Waals surface area contributed by atoms with Crippen molar-refractivity contribution in [2.45, 2.75) is 19.4 Å². The Kier molecular flexibility index (Phi) is 5.79. The number of nitrogens with one attached hydrogen (secondary N) is 1. The molecule has 5 nitrogen and oxygen atoms in total. The number of rotatable bonds is 7. The maximum atomic E-state index is 13.1. The summed E-state index contributed by atoms with van der Waals surface area (Å²) in [6.07, 6.45) is 0.159. The van der Waals surface area contributed by atoms with Gasteiger partial charge in [0.15, 0.2) is 5.78 Å². The molecular formula is C22H19FN2O3. The average Bonchev–Trinajstić information content (AvgIpc) is 2.68. The molecule has 0 bridgehead atoms. The largest absolute Gasteiger partial charge is 0.378 e. The zero-order valence-corrected chi connectivity index (χ0v) is 15.3. The van der Waals surface area contributed by atoms with Gasteiger partial charge in [-0.3, -0.25) is 14.9 Å². The van der Waals surface area contributed by atoms with Crippen LogP contribution in [0.4, 0.5) is 15.8 Å². The van der Waals surface area contributed by atoms with Crippen LogP contribution < -0.4 is 5.32 Å². The number of aryl methyl sites for hydroxylation is 1. The van der Waals surface area contributed by atoms with Gasteiger partial charge in [-0.2, -0.15) is 0 Å². The fraction of sp³-hybridized carbons (Fsp3) is 0.136. The molecule has 1 atom stereocenters. The first-order valence-electron chi connectivity index (χ1n) is 8.79. The Balaban J connectivity index is 1.85. The van der Waals surface area contributed by atoms with E-state index in [2.05, 4.69) is 5.32 Å². The third-order valence-electron chi connectivity index (χ3n) is 4.42. The van der Waals surface area contributed by atoms with Gasteiger partial charge in [-0.15, -0.1) is 0 Å². The van der Waals surface area contributed by atoms with Gasteiger partial charge < -0.3 is 5.32 Å². The molecule has 0 aliphatic heterocycles. The average molecular weight is 378 g/mol. The predicted molar refractivity (Wildman–Crippen MR) is 106 cm³/mol. The lowest BCUT2D eigenvalue weighted by molar-refractivity contribution is -0.384. The number of carbonyl (C=O) groups is 1. The summed E-state index contributed by atoms with van der Waals surface area (Å²) in [6.45, 7) is 1.97. The zero-order valence-electron chi connectivity index (χ0n) is 15.3. The molecule has 0 spiro atoms. The molecular weight excluding hydrogens is 359 g/mol. The Morgan fingerprint density at radius 1 is 1.07 bits per heavy atom. The van der Waals surface area contributed by atoms with Crippen molar-refractivity contribution in [2.75, 3.05) is 5.32 Å². The molecule has 0 amide bonds. The highest BCUT2D eigenvalue weighted by Gasteiger charge is 2.18. The Morgan fingerprint density at radius 3 is 2.36 bits per heavy atom. The molecule has 1 N–H and O–H groups in total. The van der Waals surface area contributed by atoms with Crippen LogP contribution in [0.5, 0.6) is 0 Å². The molecule has 0 aromatic heterocycles.